The Balaban J connectivity index is 1.61. The summed E-state index contributed by atoms with van der Waals surface area (Å²) < 4.78 is 0. The van der Waals surface area contributed by atoms with Crippen LogP contribution in [0.2, 0.25) is 5.02 Å². The highest BCUT2D eigenvalue weighted by atomic mass is 35.5. The van der Waals surface area contributed by atoms with E-state index in [4.69, 9.17) is 11.6 Å². The third-order valence-electron chi connectivity index (χ3n) is 4.46. The van der Waals surface area contributed by atoms with E-state index in [2.05, 4.69) is 5.32 Å². The number of hydrogen-bond donors (Lipinski definition) is 1. The number of nitrogens with zero attached hydrogens (tertiary/aromatic N) is 3. The first-order chi connectivity index (χ1) is 13.3. The maximum Gasteiger partial charge on any atom is 0.321 e. The fourth-order valence-corrected chi connectivity index (χ4v) is 4.06. The number of rotatable bonds is 3. The molecule has 8 nitrogen and oxygen atoms in total. The van der Waals surface area contributed by atoms with Crippen LogP contribution in [0, 0.1) is 17.0 Å². The highest BCUT2D eigenvalue weighted by Gasteiger charge is 2.26. The minimum absolute atomic E-state index is 0.0351. The summed E-state index contributed by atoms with van der Waals surface area (Å²) in [6.45, 7) is 3.40. The van der Waals surface area contributed by atoms with Crippen LogP contribution in [-0.2, 0) is 0 Å². The van der Waals surface area contributed by atoms with E-state index in [0.717, 1.165) is 11.3 Å². The number of amides is 3. The van der Waals surface area contributed by atoms with Crippen LogP contribution in [0.3, 0.4) is 0 Å². The van der Waals surface area contributed by atoms with E-state index >= 15 is 0 Å². The van der Waals surface area contributed by atoms with Crippen molar-refractivity contribution in [3.8, 4) is 0 Å². The maximum atomic E-state index is 12.7. The van der Waals surface area contributed by atoms with Gasteiger partial charge >= 0.3 is 6.03 Å². The number of benzene rings is 1. The molecule has 148 valence electrons. The van der Waals surface area contributed by atoms with Gasteiger partial charge in [0.25, 0.3) is 11.6 Å². The number of aryl methyl sites for hydroxylation is 1. The van der Waals surface area contributed by atoms with Gasteiger partial charge in [0.05, 0.1) is 14.7 Å². The lowest BCUT2D eigenvalue weighted by Crippen LogP contribution is -2.39. The van der Waals surface area contributed by atoms with Gasteiger partial charge in [-0.05, 0) is 37.6 Å². The lowest BCUT2D eigenvalue weighted by molar-refractivity contribution is -0.385. The maximum absolute atomic E-state index is 12.7. The first-order valence-electron chi connectivity index (χ1n) is 8.71. The molecule has 1 aromatic heterocycles. The Kier molecular flexibility index (Phi) is 6.15. The molecule has 0 radical (unpaired) electrons. The molecule has 1 aliphatic rings. The van der Waals surface area contributed by atoms with Crippen molar-refractivity contribution in [1.29, 1.82) is 0 Å². The first kappa shape index (κ1) is 20.1. The molecule has 0 spiro atoms. The van der Waals surface area contributed by atoms with E-state index in [1.807, 2.05) is 0 Å². The lowest BCUT2D eigenvalue weighted by Gasteiger charge is -2.22. The molecule has 0 aliphatic carbocycles. The summed E-state index contributed by atoms with van der Waals surface area (Å²) >= 11 is 6.97. The molecule has 3 amide bonds. The molecular weight excluding hydrogens is 404 g/mol. The van der Waals surface area contributed by atoms with Gasteiger partial charge in [0, 0.05) is 43.0 Å². The second-order valence-corrected chi connectivity index (χ2v) is 8.07. The quantitative estimate of drug-likeness (QED) is 0.597. The van der Waals surface area contributed by atoms with Crippen LogP contribution in [0.25, 0.3) is 0 Å². The summed E-state index contributed by atoms with van der Waals surface area (Å²) in [5.74, 6) is -0.235. The minimum atomic E-state index is -0.478. The molecule has 1 saturated heterocycles. The number of nitro groups is 1. The topological polar surface area (TPSA) is 95.8 Å². The lowest BCUT2D eigenvalue weighted by atomic mass is 10.3. The van der Waals surface area contributed by atoms with E-state index in [1.165, 1.54) is 6.07 Å². The van der Waals surface area contributed by atoms with Crippen LogP contribution in [0.5, 0.6) is 0 Å². The average Bonchev–Trinajstić information content (AvgIpc) is 2.89. The third kappa shape index (κ3) is 4.60. The number of thiophene rings is 1. The van der Waals surface area contributed by atoms with E-state index in [9.17, 15) is 19.7 Å². The number of halogens is 1. The summed E-state index contributed by atoms with van der Waals surface area (Å²) in [6, 6.07) is 7.93. The van der Waals surface area contributed by atoms with Gasteiger partial charge < -0.3 is 15.1 Å². The molecule has 2 heterocycles. The summed E-state index contributed by atoms with van der Waals surface area (Å²) in [6.07, 6.45) is 0.631. The van der Waals surface area contributed by atoms with E-state index in [1.54, 1.807) is 41.0 Å². The normalized spacial score (nSPS) is 14.5. The van der Waals surface area contributed by atoms with Gasteiger partial charge in [-0.15, -0.1) is 11.3 Å². The van der Waals surface area contributed by atoms with Crippen LogP contribution < -0.4 is 5.32 Å². The molecule has 28 heavy (non-hydrogen) atoms. The van der Waals surface area contributed by atoms with Crippen molar-refractivity contribution in [3.63, 3.8) is 0 Å². The molecular formula is C18H19ClN4O4S. The number of carbonyl (C=O) groups is 2. The van der Waals surface area contributed by atoms with Crippen molar-refractivity contribution in [3.05, 3.63) is 55.2 Å². The van der Waals surface area contributed by atoms with E-state index in [0.29, 0.717) is 53.1 Å². The van der Waals surface area contributed by atoms with Crippen LogP contribution >= 0.6 is 22.9 Å². The molecule has 2 aromatic rings. The van der Waals surface area contributed by atoms with Crippen LogP contribution in [0.1, 0.15) is 21.0 Å². The summed E-state index contributed by atoms with van der Waals surface area (Å²) in [7, 11) is 0. The number of carbonyl (C=O) groups excluding carboxylic acids is 2. The first-order valence-corrected chi connectivity index (χ1v) is 9.90. The number of nitrogens with one attached hydrogen (secondary N) is 1. The number of anilines is 1. The molecule has 0 saturated carbocycles. The van der Waals surface area contributed by atoms with Gasteiger partial charge in [-0.25, -0.2) is 4.79 Å². The molecule has 1 aromatic carbocycles. The van der Waals surface area contributed by atoms with Gasteiger partial charge in [0.1, 0.15) is 0 Å². The summed E-state index contributed by atoms with van der Waals surface area (Å²) in [5.41, 5.74) is 0.611. The van der Waals surface area contributed by atoms with Gasteiger partial charge in [-0.3, -0.25) is 14.9 Å². The van der Waals surface area contributed by atoms with Crippen molar-refractivity contribution in [2.24, 2.45) is 0 Å². The second kappa shape index (κ2) is 8.57. The largest absolute Gasteiger partial charge is 0.336 e. The van der Waals surface area contributed by atoms with Gasteiger partial charge in [0.15, 0.2) is 0 Å². The monoisotopic (exact) mass is 422 g/mol. The minimum Gasteiger partial charge on any atom is -0.336 e. The van der Waals surface area contributed by atoms with Crippen LogP contribution in [0.4, 0.5) is 16.2 Å². The van der Waals surface area contributed by atoms with Crippen molar-refractivity contribution in [2.75, 3.05) is 31.5 Å². The van der Waals surface area contributed by atoms with Gasteiger partial charge in [0.2, 0.25) is 0 Å². The SMILES string of the molecule is Cc1sc(C(=O)N2CCCN(C(=O)Nc3ccc(Cl)cc3)CC2)cc1[N+](=O)[O-]. The van der Waals surface area contributed by atoms with Crippen LogP contribution in [-0.4, -0.2) is 52.8 Å². The predicted octanol–water partition coefficient (Wildman–Crippen LogP) is 4.00. The van der Waals surface area contributed by atoms with Crippen molar-refractivity contribution < 1.29 is 14.5 Å². The number of hydrogen-bond acceptors (Lipinski definition) is 5. The van der Waals surface area contributed by atoms with Gasteiger partial charge in [-0.1, -0.05) is 11.6 Å². The zero-order chi connectivity index (χ0) is 20.3. The zero-order valence-electron chi connectivity index (χ0n) is 15.2. The highest BCUT2D eigenvalue weighted by molar-refractivity contribution is 7.14. The molecule has 10 heteroatoms. The molecule has 3 rings (SSSR count). The van der Waals surface area contributed by atoms with Crippen LogP contribution in [0.15, 0.2) is 30.3 Å². The van der Waals surface area contributed by atoms with Crippen molar-refractivity contribution in [1.82, 2.24) is 9.80 Å². The standard InChI is InChI=1S/C18H19ClN4O4S/c1-12-15(23(26)27)11-16(28-12)17(24)21-7-2-8-22(10-9-21)18(25)20-14-5-3-13(19)4-6-14/h3-6,11H,2,7-10H2,1H3,(H,20,25). The smallest absolute Gasteiger partial charge is 0.321 e. The highest BCUT2D eigenvalue weighted by Crippen LogP contribution is 2.29. The average molecular weight is 423 g/mol. The molecule has 0 unspecified atom stereocenters. The Morgan fingerprint density at radius 1 is 1.14 bits per heavy atom. The van der Waals surface area contributed by atoms with Gasteiger partial charge in [-0.2, -0.15) is 0 Å². The Morgan fingerprint density at radius 2 is 1.79 bits per heavy atom. The van der Waals surface area contributed by atoms with E-state index < -0.39 is 4.92 Å². The predicted molar refractivity (Wildman–Crippen MR) is 108 cm³/mol. The Bertz CT molecular complexity index is 899. The third-order valence-corrected chi connectivity index (χ3v) is 5.74. The fraction of sp³-hybridized carbons (Fsp3) is 0.333. The Hall–Kier alpha value is -2.65. The zero-order valence-corrected chi connectivity index (χ0v) is 16.8. The van der Waals surface area contributed by atoms with Crippen molar-refractivity contribution >= 4 is 46.3 Å². The summed E-state index contributed by atoms with van der Waals surface area (Å²) in [5, 5.41) is 14.4. The molecule has 1 aliphatic heterocycles. The molecule has 0 atom stereocenters. The number of urea groups is 1. The molecule has 1 fully saturated rings. The van der Waals surface area contributed by atoms with Crippen molar-refractivity contribution in [2.45, 2.75) is 13.3 Å². The second-order valence-electron chi connectivity index (χ2n) is 6.38. The Labute approximate surface area is 170 Å². The Morgan fingerprint density at radius 3 is 2.43 bits per heavy atom. The molecule has 1 N–H and O–H groups in total. The summed E-state index contributed by atoms with van der Waals surface area (Å²) in [4.78, 5) is 39.9. The molecule has 0 bridgehead atoms. The van der Waals surface area contributed by atoms with E-state index in [-0.39, 0.29) is 17.6 Å². The fourth-order valence-electron chi connectivity index (χ4n) is 2.97.